The molecule has 1 fully saturated rings. The number of carbonyl (C=O) groups is 1. The third kappa shape index (κ3) is 5.56. The van der Waals surface area contributed by atoms with Crippen molar-refractivity contribution in [2.75, 3.05) is 20.2 Å². The van der Waals surface area contributed by atoms with E-state index in [-0.39, 0.29) is 17.6 Å². The van der Waals surface area contributed by atoms with Gasteiger partial charge in [-0.3, -0.25) is 9.69 Å². The van der Waals surface area contributed by atoms with Gasteiger partial charge in [-0.15, -0.1) is 0 Å². The van der Waals surface area contributed by atoms with Gasteiger partial charge in [-0.05, 0) is 61.8 Å². The van der Waals surface area contributed by atoms with Gasteiger partial charge in [0, 0.05) is 22.5 Å². The van der Waals surface area contributed by atoms with E-state index in [1.807, 2.05) is 12.1 Å². The van der Waals surface area contributed by atoms with Crippen LogP contribution in [0.5, 0.6) is 11.5 Å². The lowest BCUT2D eigenvalue weighted by molar-refractivity contribution is -0.126. The smallest absolute Gasteiger partial charge is 0.243 e. The lowest BCUT2D eigenvalue weighted by atomic mass is 9.96. The Morgan fingerprint density at radius 1 is 1.29 bits per heavy atom. The summed E-state index contributed by atoms with van der Waals surface area (Å²) in [5, 5.41) is 13.8. The summed E-state index contributed by atoms with van der Waals surface area (Å²) < 4.78 is 6.20. The molecule has 0 aromatic heterocycles. The molecule has 2 aromatic rings. The summed E-state index contributed by atoms with van der Waals surface area (Å²) in [7, 11) is 1.55. The van der Waals surface area contributed by atoms with Crippen molar-refractivity contribution in [3.8, 4) is 11.5 Å². The van der Waals surface area contributed by atoms with Gasteiger partial charge in [-0.1, -0.05) is 28.1 Å². The Morgan fingerprint density at radius 3 is 2.68 bits per heavy atom. The number of hydrogen-bond donors (Lipinski definition) is 2. The quantitative estimate of drug-likeness (QED) is 0.526. The number of methoxy groups -OCH3 is 1. The number of aromatic hydroxyl groups is 1. The van der Waals surface area contributed by atoms with E-state index >= 15 is 0 Å². The topological polar surface area (TPSA) is 74.2 Å². The van der Waals surface area contributed by atoms with Crippen LogP contribution in [-0.2, 0) is 11.3 Å². The Balaban J connectivity index is 1.47. The average Bonchev–Trinajstić information content (AvgIpc) is 2.71. The van der Waals surface area contributed by atoms with E-state index in [0.29, 0.717) is 11.3 Å². The second kappa shape index (κ2) is 9.71. The van der Waals surface area contributed by atoms with Gasteiger partial charge in [0.25, 0.3) is 0 Å². The van der Waals surface area contributed by atoms with Crippen molar-refractivity contribution in [1.29, 1.82) is 0 Å². The predicted molar refractivity (Wildman–Crippen MR) is 113 cm³/mol. The van der Waals surface area contributed by atoms with Crippen molar-refractivity contribution >= 4 is 28.1 Å². The number of hydrazone groups is 1. The molecule has 1 saturated heterocycles. The average molecular weight is 446 g/mol. The molecule has 1 aliphatic heterocycles. The largest absolute Gasteiger partial charge is 0.507 e. The number of rotatable bonds is 6. The second-order valence-corrected chi connectivity index (χ2v) is 7.75. The minimum atomic E-state index is -0.0815. The highest BCUT2D eigenvalue weighted by atomic mass is 79.9. The predicted octanol–water partition coefficient (Wildman–Crippen LogP) is 3.53. The third-order valence-corrected chi connectivity index (χ3v) is 5.42. The van der Waals surface area contributed by atoms with Gasteiger partial charge in [0.05, 0.1) is 13.3 Å². The van der Waals surface area contributed by atoms with Gasteiger partial charge in [-0.2, -0.15) is 5.10 Å². The molecule has 0 unspecified atom stereocenters. The minimum Gasteiger partial charge on any atom is -0.507 e. The van der Waals surface area contributed by atoms with Gasteiger partial charge in [0.15, 0.2) is 0 Å². The van der Waals surface area contributed by atoms with Crippen LogP contribution in [0.1, 0.15) is 24.0 Å². The summed E-state index contributed by atoms with van der Waals surface area (Å²) in [4.78, 5) is 14.7. The number of phenolic OH excluding ortho intramolecular Hbond substituents is 1. The number of nitrogens with one attached hydrogen (secondary N) is 1. The zero-order valence-corrected chi connectivity index (χ0v) is 17.4. The monoisotopic (exact) mass is 445 g/mol. The summed E-state index contributed by atoms with van der Waals surface area (Å²) in [6, 6.07) is 13.2. The van der Waals surface area contributed by atoms with Gasteiger partial charge >= 0.3 is 0 Å². The molecule has 3 rings (SSSR count). The normalized spacial score (nSPS) is 15.6. The Labute approximate surface area is 173 Å². The maximum Gasteiger partial charge on any atom is 0.243 e. The van der Waals surface area contributed by atoms with Crippen molar-refractivity contribution in [3.05, 3.63) is 58.1 Å². The highest BCUT2D eigenvalue weighted by molar-refractivity contribution is 9.10. The van der Waals surface area contributed by atoms with E-state index in [4.69, 9.17) is 4.74 Å². The molecule has 2 aromatic carbocycles. The highest BCUT2D eigenvalue weighted by Gasteiger charge is 2.24. The number of benzene rings is 2. The molecule has 6 nitrogen and oxygen atoms in total. The Bertz CT molecular complexity index is 831. The van der Waals surface area contributed by atoms with E-state index in [0.717, 1.165) is 36.9 Å². The second-order valence-electron chi connectivity index (χ2n) is 6.84. The van der Waals surface area contributed by atoms with Crippen LogP contribution >= 0.6 is 15.9 Å². The van der Waals surface area contributed by atoms with E-state index < -0.39 is 0 Å². The summed E-state index contributed by atoms with van der Waals surface area (Å²) in [6.07, 6.45) is 3.04. The van der Waals surface area contributed by atoms with E-state index in [2.05, 4.69) is 43.5 Å². The Hall–Kier alpha value is -2.38. The lowest BCUT2D eigenvalue weighted by Crippen LogP contribution is -2.39. The molecule has 0 bridgehead atoms. The summed E-state index contributed by atoms with van der Waals surface area (Å²) >= 11 is 3.45. The van der Waals surface area contributed by atoms with Crippen LogP contribution in [0.4, 0.5) is 0 Å². The maximum atomic E-state index is 12.4. The van der Waals surface area contributed by atoms with Crippen LogP contribution in [0.15, 0.2) is 52.0 Å². The van der Waals surface area contributed by atoms with Gasteiger partial charge in [0.2, 0.25) is 5.91 Å². The Kier molecular flexibility index (Phi) is 7.06. The lowest BCUT2D eigenvalue weighted by Gasteiger charge is -2.30. The molecule has 0 atom stereocenters. The number of carbonyl (C=O) groups excluding carboxylic acids is 1. The molecule has 0 saturated carbocycles. The number of amides is 1. The third-order valence-electron chi connectivity index (χ3n) is 4.89. The van der Waals surface area contributed by atoms with Gasteiger partial charge < -0.3 is 9.84 Å². The van der Waals surface area contributed by atoms with E-state index in [9.17, 15) is 9.90 Å². The van der Waals surface area contributed by atoms with Crippen LogP contribution < -0.4 is 10.2 Å². The number of halogens is 1. The fourth-order valence-corrected chi connectivity index (χ4v) is 3.49. The summed E-state index contributed by atoms with van der Waals surface area (Å²) in [5.41, 5.74) is 4.35. The number of piperidine rings is 1. The van der Waals surface area contributed by atoms with Crippen molar-refractivity contribution in [2.45, 2.75) is 19.4 Å². The fraction of sp³-hybridized carbons (Fsp3) is 0.333. The number of phenols is 1. The van der Waals surface area contributed by atoms with Gasteiger partial charge in [0.1, 0.15) is 11.5 Å². The van der Waals surface area contributed by atoms with Crippen molar-refractivity contribution in [1.82, 2.24) is 10.3 Å². The van der Waals surface area contributed by atoms with Crippen LogP contribution in [0.25, 0.3) is 0 Å². The molecule has 148 valence electrons. The molecule has 0 radical (unpaired) electrons. The minimum absolute atomic E-state index is 0.0442. The zero-order valence-electron chi connectivity index (χ0n) is 15.8. The number of ether oxygens (including phenoxy) is 1. The van der Waals surface area contributed by atoms with Crippen molar-refractivity contribution in [3.63, 3.8) is 0 Å². The van der Waals surface area contributed by atoms with Crippen LogP contribution in [0.2, 0.25) is 0 Å². The van der Waals surface area contributed by atoms with Crippen molar-refractivity contribution < 1.29 is 14.6 Å². The molecule has 1 heterocycles. The molecule has 0 spiro atoms. The van der Waals surface area contributed by atoms with E-state index in [1.54, 1.807) is 19.2 Å². The molecular formula is C21H24BrN3O3. The van der Waals surface area contributed by atoms with Crippen LogP contribution in [0.3, 0.4) is 0 Å². The highest BCUT2D eigenvalue weighted by Crippen LogP contribution is 2.22. The first-order valence-corrected chi connectivity index (χ1v) is 10.0. The molecule has 28 heavy (non-hydrogen) atoms. The molecule has 1 amide bonds. The Morgan fingerprint density at radius 2 is 2.00 bits per heavy atom. The number of hydrogen-bond acceptors (Lipinski definition) is 5. The van der Waals surface area contributed by atoms with Crippen LogP contribution in [-0.4, -0.2) is 42.3 Å². The first-order chi connectivity index (χ1) is 13.5. The number of likely N-dealkylation sites (tertiary alicyclic amines) is 1. The first kappa shape index (κ1) is 20.4. The number of nitrogens with zero attached hydrogens (tertiary/aromatic N) is 2. The molecule has 2 N–H and O–H groups in total. The SMILES string of the molecule is COc1ccc(O)c(C=NNC(=O)C2CCN(Cc3ccc(Br)cc3)CC2)c1. The molecular weight excluding hydrogens is 422 g/mol. The van der Waals surface area contributed by atoms with Crippen LogP contribution in [0, 0.1) is 5.92 Å². The first-order valence-electron chi connectivity index (χ1n) is 9.22. The molecule has 0 aliphatic carbocycles. The van der Waals surface area contributed by atoms with E-state index in [1.165, 1.54) is 17.8 Å². The standard InChI is InChI=1S/C21H24BrN3O3/c1-28-19-6-7-20(26)17(12-19)13-23-24-21(27)16-8-10-25(11-9-16)14-15-2-4-18(22)5-3-15/h2-7,12-13,16,26H,8-11,14H2,1H3,(H,24,27). The summed E-state index contributed by atoms with van der Waals surface area (Å²) in [5.74, 6) is 0.572. The summed E-state index contributed by atoms with van der Waals surface area (Å²) in [6.45, 7) is 2.66. The maximum absolute atomic E-state index is 12.4. The zero-order chi connectivity index (χ0) is 19.9. The molecule has 7 heteroatoms. The fourth-order valence-electron chi connectivity index (χ4n) is 3.22. The molecule has 1 aliphatic rings. The van der Waals surface area contributed by atoms with Gasteiger partial charge in [-0.25, -0.2) is 5.43 Å². The van der Waals surface area contributed by atoms with Crippen molar-refractivity contribution in [2.24, 2.45) is 11.0 Å².